The molecule has 2 heteroatoms. The van der Waals surface area contributed by atoms with E-state index in [-0.39, 0.29) is 0 Å². The van der Waals surface area contributed by atoms with Gasteiger partial charge in [-0.15, -0.1) is 0 Å². The van der Waals surface area contributed by atoms with Crippen molar-refractivity contribution in [3.8, 4) is 0 Å². The normalized spacial score (nSPS) is 29.0. The Kier molecular flexibility index (Phi) is 3.36. The van der Waals surface area contributed by atoms with Gasteiger partial charge in [0.05, 0.1) is 0 Å². The third-order valence-electron chi connectivity index (χ3n) is 4.72. The first-order valence-corrected chi connectivity index (χ1v) is 6.68. The number of hydrogen-bond acceptors (Lipinski definition) is 2. The standard InChI is InChI=1S/C13H26N2/c1-3-13(10-14,12-4-5-12)15-8-6-11(2)7-9-15/h11-12H,3-10,14H2,1-2H3. The van der Waals surface area contributed by atoms with E-state index in [1.165, 1.54) is 45.2 Å². The fourth-order valence-electron chi connectivity index (χ4n) is 3.29. The third kappa shape index (κ3) is 2.07. The van der Waals surface area contributed by atoms with Crippen molar-refractivity contribution in [1.82, 2.24) is 4.90 Å². The number of piperidine rings is 1. The Morgan fingerprint density at radius 1 is 1.20 bits per heavy atom. The summed E-state index contributed by atoms with van der Waals surface area (Å²) < 4.78 is 0. The molecule has 1 atom stereocenters. The quantitative estimate of drug-likeness (QED) is 0.771. The van der Waals surface area contributed by atoms with Gasteiger partial charge in [0.25, 0.3) is 0 Å². The predicted octanol–water partition coefficient (Wildman–Crippen LogP) is 2.24. The summed E-state index contributed by atoms with van der Waals surface area (Å²) >= 11 is 0. The van der Waals surface area contributed by atoms with E-state index in [1.54, 1.807) is 0 Å². The van der Waals surface area contributed by atoms with Crippen molar-refractivity contribution in [3.05, 3.63) is 0 Å². The Labute approximate surface area is 94.2 Å². The minimum Gasteiger partial charge on any atom is -0.329 e. The topological polar surface area (TPSA) is 29.3 Å². The molecule has 0 amide bonds. The Bertz CT molecular complexity index is 199. The molecule has 1 unspecified atom stereocenters. The average molecular weight is 210 g/mol. The molecule has 1 heterocycles. The van der Waals surface area contributed by atoms with Gasteiger partial charge in [-0.3, -0.25) is 4.90 Å². The molecule has 2 rings (SSSR count). The van der Waals surface area contributed by atoms with E-state index in [0.29, 0.717) is 5.54 Å². The van der Waals surface area contributed by atoms with Crippen LogP contribution in [0.25, 0.3) is 0 Å². The van der Waals surface area contributed by atoms with Crippen LogP contribution >= 0.6 is 0 Å². The maximum Gasteiger partial charge on any atom is 0.0357 e. The van der Waals surface area contributed by atoms with Crippen LogP contribution in [-0.4, -0.2) is 30.1 Å². The lowest BCUT2D eigenvalue weighted by atomic mass is 9.85. The van der Waals surface area contributed by atoms with Gasteiger partial charge in [-0.05, 0) is 57.0 Å². The van der Waals surface area contributed by atoms with Crippen LogP contribution in [0.3, 0.4) is 0 Å². The lowest BCUT2D eigenvalue weighted by Crippen LogP contribution is -2.57. The maximum absolute atomic E-state index is 6.08. The van der Waals surface area contributed by atoms with Crippen LogP contribution in [0.4, 0.5) is 0 Å². The molecule has 0 radical (unpaired) electrons. The molecular formula is C13H26N2. The van der Waals surface area contributed by atoms with E-state index in [0.717, 1.165) is 18.4 Å². The first kappa shape index (κ1) is 11.4. The van der Waals surface area contributed by atoms with E-state index in [1.807, 2.05) is 0 Å². The second-order valence-electron chi connectivity index (χ2n) is 5.61. The van der Waals surface area contributed by atoms with Crippen LogP contribution < -0.4 is 5.73 Å². The van der Waals surface area contributed by atoms with Crippen LogP contribution in [0.5, 0.6) is 0 Å². The van der Waals surface area contributed by atoms with Gasteiger partial charge in [0, 0.05) is 12.1 Å². The summed E-state index contributed by atoms with van der Waals surface area (Å²) in [7, 11) is 0. The molecule has 1 saturated carbocycles. The molecule has 0 aromatic carbocycles. The number of rotatable bonds is 4. The van der Waals surface area contributed by atoms with Crippen LogP contribution in [0.1, 0.15) is 46.0 Å². The van der Waals surface area contributed by atoms with Crippen molar-refractivity contribution in [2.24, 2.45) is 17.6 Å². The van der Waals surface area contributed by atoms with Crippen molar-refractivity contribution in [3.63, 3.8) is 0 Å². The molecule has 15 heavy (non-hydrogen) atoms. The van der Waals surface area contributed by atoms with Gasteiger partial charge in [0.15, 0.2) is 0 Å². The average Bonchev–Trinajstić information content (AvgIpc) is 3.08. The van der Waals surface area contributed by atoms with Gasteiger partial charge in [0.1, 0.15) is 0 Å². The van der Waals surface area contributed by atoms with Gasteiger partial charge in [-0.25, -0.2) is 0 Å². The summed E-state index contributed by atoms with van der Waals surface area (Å²) in [5.41, 5.74) is 6.44. The highest BCUT2D eigenvalue weighted by Crippen LogP contribution is 2.45. The lowest BCUT2D eigenvalue weighted by molar-refractivity contribution is 0.0372. The fraction of sp³-hybridized carbons (Fsp3) is 1.00. The van der Waals surface area contributed by atoms with Crippen molar-refractivity contribution >= 4 is 0 Å². The van der Waals surface area contributed by atoms with Crippen molar-refractivity contribution < 1.29 is 0 Å². The molecule has 0 aromatic heterocycles. The highest BCUT2D eigenvalue weighted by Gasteiger charge is 2.47. The summed E-state index contributed by atoms with van der Waals surface area (Å²) in [6, 6.07) is 0. The summed E-state index contributed by atoms with van der Waals surface area (Å²) in [5.74, 6) is 1.83. The SMILES string of the molecule is CCC(CN)(C1CC1)N1CCC(C)CC1. The number of nitrogens with zero attached hydrogens (tertiary/aromatic N) is 1. The highest BCUT2D eigenvalue weighted by atomic mass is 15.2. The maximum atomic E-state index is 6.08. The second-order valence-corrected chi connectivity index (χ2v) is 5.61. The highest BCUT2D eigenvalue weighted by molar-refractivity contribution is 5.03. The number of hydrogen-bond donors (Lipinski definition) is 1. The molecule has 1 saturated heterocycles. The first-order chi connectivity index (χ1) is 7.23. The molecule has 2 N–H and O–H groups in total. The largest absolute Gasteiger partial charge is 0.329 e. The zero-order chi connectivity index (χ0) is 10.9. The first-order valence-electron chi connectivity index (χ1n) is 6.68. The Morgan fingerprint density at radius 2 is 1.80 bits per heavy atom. The van der Waals surface area contributed by atoms with Crippen LogP contribution in [0.15, 0.2) is 0 Å². The third-order valence-corrected chi connectivity index (χ3v) is 4.72. The molecule has 2 aliphatic rings. The summed E-state index contributed by atoms with van der Waals surface area (Å²) in [4.78, 5) is 2.71. The van der Waals surface area contributed by atoms with E-state index < -0.39 is 0 Å². The van der Waals surface area contributed by atoms with Crippen molar-refractivity contribution in [2.45, 2.75) is 51.5 Å². The minimum absolute atomic E-state index is 0.361. The van der Waals surface area contributed by atoms with E-state index >= 15 is 0 Å². The van der Waals surface area contributed by atoms with Gasteiger partial charge in [-0.1, -0.05) is 13.8 Å². The van der Waals surface area contributed by atoms with Crippen molar-refractivity contribution in [1.29, 1.82) is 0 Å². The number of nitrogens with two attached hydrogens (primary N) is 1. The second kappa shape index (κ2) is 4.42. The number of likely N-dealkylation sites (tertiary alicyclic amines) is 1. The van der Waals surface area contributed by atoms with Gasteiger partial charge in [0.2, 0.25) is 0 Å². The molecule has 0 spiro atoms. The summed E-state index contributed by atoms with van der Waals surface area (Å²) in [6.07, 6.45) is 6.81. The molecule has 0 aromatic rings. The predicted molar refractivity (Wildman–Crippen MR) is 64.8 cm³/mol. The van der Waals surface area contributed by atoms with Crippen LogP contribution in [0, 0.1) is 11.8 Å². The Balaban J connectivity index is 2.03. The summed E-state index contributed by atoms with van der Waals surface area (Å²) in [6.45, 7) is 8.13. The van der Waals surface area contributed by atoms with Gasteiger partial charge in [-0.2, -0.15) is 0 Å². The molecule has 88 valence electrons. The molecule has 0 bridgehead atoms. The fourth-order valence-corrected chi connectivity index (χ4v) is 3.29. The van der Waals surface area contributed by atoms with Crippen LogP contribution in [-0.2, 0) is 0 Å². The zero-order valence-corrected chi connectivity index (χ0v) is 10.3. The van der Waals surface area contributed by atoms with Crippen LogP contribution in [0.2, 0.25) is 0 Å². The minimum atomic E-state index is 0.361. The molecular weight excluding hydrogens is 184 g/mol. The molecule has 2 fully saturated rings. The van der Waals surface area contributed by atoms with E-state index in [9.17, 15) is 0 Å². The molecule has 1 aliphatic heterocycles. The van der Waals surface area contributed by atoms with Crippen molar-refractivity contribution in [2.75, 3.05) is 19.6 Å². The Hall–Kier alpha value is -0.0800. The monoisotopic (exact) mass is 210 g/mol. The zero-order valence-electron chi connectivity index (χ0n) is 10.3. The van der Waals surface area contributed by atoms with E-state index in [2.05, 4.69) is 18.7 Å². The van der Waals surface area contributed by atoms with Gasteiger partial charge < -0.3 is 5.73 Å². The smallest absolute Gasteiger partial charge is 0.0357 e. The molecule has 1 aliphatic carbocycles. The molecule has 2 nitrogen and oxygen atoms in total. The summed E-state index contributed by atoms with van der Waals surface area (Å²) in [5, 5.41) is 0. The van der Waals surface area contributed by atoms with E-state index in [4.69, 9.17) is 5.73 Å². The Morgan fingerprint density at radius 3 is 2.20 bits per heavy atom. The lowest BCUT2D eigenvalue weighted by Gasteiger charge is -2.46. The van der Waals surface area contributed by atoms with Gasteiger partial charge >= 0.3 is 0 Å².